The van der Waals surface area contributed by atoms with Gasteiger partial charge in [0.15, 0.2) is 0 Å². The minimum Gasteiger partial charge on any atom is -0.377 e. The van der Waals surface area contributed by atoms with Crippen molar-refractivity contribution in [3.63, 3.8) is 0 Å². The van der Waals surface area contributed by atoms with Gasteiger partial charge in [0.05, 0.1) is 4.92 Å². The molecule has 106 valence electrons. The first-order valence-electron chi connectivity index (χ1n) is 6.91. The van der Waals surface area contributed by atoms with Crippen molar-refractivity contribution >= 4 is 11.4 Å². The monoisotopic (exact) mass is 264 g/mol. The van der Waals surface area contributed by atoms with Gasteiger partial charge in [0.2, 0.25) is 0 Å². The van der Waals surface area contributed by atoms with Crippen LogP contribution in [0, 0.1) is 23.0 Å². The molecule has 1 N–H and O–H groups in total. The van der Waals surface area contributed by atoms with Crippen molar-refractivity contribution in [1.82, 2.24) is 0 Å². The maximum atomic E-state index is 11.0. The number of benzene rings is 1. The highest BCUT2D eigenvalue weighted by atomic mass is 16.6. The van der Waals surface area contributed by atoms with E-state index in [0.717, 1.165) is 18.4 Å². The van der Waals surface area contributed by atoms with Gasteiger partial charge in [-0.05, 0) is 37.8 Å². The first-order chi connectivity index (χ1) is 8.90. The average molecular weight is 264 g/mol. The van der Waals surface area contributed by atoms with E-state index in [2.05, 4.69) is 26.1 Å². The zero-order chi connectivity index (χ0) is 14.4. The second-order valence-electron chi connectivity index (χ2n) is 5.65. The predicted octanol–water partition coefficient (Wildman–Crippen LogP) is 4.53. The van der Waals surface area contributed by atoms with Gasteiger partial charge in [-0.15, -0.1) is 0 Å². The van der Waals surface area contributed by atoms with E-state index in [-0.39, 0.29) is 16.7 Å². The molecule has 0 radical (unpaired) electrons. The van der Waals surface area contributed by atoms with Gasteiger partial charge in [0, 0.05) is 12.1 Å². The van der Waals surface area contributed by atoms with Gasteiger partial charge in [0.25, 0.3) is 5.69 Å². The van der Waals surface area contributed by atoms with E-state index < -0.39 is 0 Å². The summed E-state index contributed by atoms with van der Waals surface area (Å²) < 4.78 is 0. The van der Waals surface area contributed by atoms with Crippen LogP contribution in [-0.4, -0.2) is 11.0 Å². The lowest BCUT2D eigenvalue weighted by atomic mass is 10.0. The van der Waals surface area contributed by atoms with Crippen LogP contribution in [0.5, 0.6) is 0 Å². The molecule has 4 nitrogen and oxygen atoms in total. The van der Waals surface area contributed by atoms with E-state index in [9.17, 15) is 10.1 Å². The molecule has 0 saturated carbocycles. The number of rotatable bonds is 7. The third kappa shape index (κ3) is 5.28. The van der Waals surface area contributed by atoms with Crippen molar-refractivity contribution in [3.05, 3.63) is 33.9 Å². The number of hydrogen-bond donors (Lipinski definition) is 1. The molecular weight excluding hydrogens is 240 g/mol. The predicted molar refractivity (Wildman–Crippen MR) is 79.6 cm³/mol. The lowest BCUT2D eigenvalue weighted by Crippen LogP contribution is -2.16. The number of anilines is 1. The SMILES string of the molecule is Cc1ccc(NC(C)CCCC(C)C)c([N+](=O)[O-])c1. The molecule has 0 aliphatic rings. The molecular formula is C15H24N2O2. The molecule has 0 aliphatic carbocycles. The van der Waals surface area contributed by atoms with Crippen LogP contribution in [-0.2, 0) is 0 Å². The molecule has 1 aromatic carbocycles. The van der Waals surface area contributed by atoms with Gasteiger partial charge in [-0.3, -0.25) is 10.1 Å². The second-order valence-corrected chi connectivity index (χ2v) is 5.65. The Morgan fingerprint density at radius 3 is 2.53 bits per heavy atom. The number of nitro benzene ring substituents is 1. The first kappa shape index (κ1) is 15.5. The second kappa shape index (κ2) is 7.12. The highest BCUT2D eigenvalue weighted by Crippen LogP contribution is 2.26. The van der Waals surface area contributed by atoms with Crippen molar-refractivity contribution in [2.45, 2.75) is 53.0 Å². The Morgan fingerprint density at radius 1 is 1.26 bits per heavy atom. The highest BCUT2D eigenvalue weighted by molar-refractivity contribution is 5.62. The summed E-state index contributed by atoms with van der Waals surface area (Å²) in [5.74, 6) is 0.709. The summed E-state index contributed by atoms with van der Waals surface area (Å²) in [6.07, 6.45) is 3.37. The highest BCUT2D eigenvalue weighted by Gasteiger charge is 2.15. The quantitative estimate of drug-likeness (QED) is 0.581. The van der Waals surface area contributed by atoms with Crippen LogP contribution in [0.15, 0.2) is 18.2 Å². The zero-order valence-electron chi connectivity index (χ0n) is 12.3. The summed E-state index contributed by atoms with van der Waals surface area (Å²) in [4.78, 5) is 10.7. The molecule has 1 atom stereocenters. The zero-order valence-corrected chi connectivity index (χ0v) is 12.3. The summed E-state index contributed by atoms with van der Waals surface area (Å²) in [5.41, 5.74) is 1.69. The number of aryl methyl sites for hydroxylation is 1. The number of nitro groups is 1. The third-order valence-corrected chi connectivity index (χ3v) is 3.17. The average Bonchev–Trinajstić information content (AvgIpc) is 2.30. The maximum Gasteiger partial charge on any atom is 0.292 e. The molecule has 1 rings (SSSR count). The summed E-state index contributed by atoms with van der Waals surface area (Å²) in [7, 11) is 0. The largest absolute Gasteiger partial charge is 0.377 e. The molecule has 0 spiro atoms. The van der Waals surface area contributed by atoms with Crippen molar-refractivity contribution < 1.29 is 4.92 Å². The van der Waals surface area contributed by atoms with Crippen molar-refractivity contribution in [3.8, 4) is 0 Å². The number of nitrogens with one attached hydrogen (secondary N) is 1. The van der Waals surface area contributed by atoms with Gasteiger partial charge < -0.3 is 5.32 Å². The Morgan fingerprint density at radius 2 is 1.95 bits per heavy atom. The van der Waals surface area contributed by atoms with E-state index in [4.69, 9.17) is 0 Å². The van der Waals surface area contributed by atoms with Crippen LogP contribution < -0.4 is 5.32 Å². The third-order valence-electron chi connectivity index (χ3n) is 3.17. The lowest BCUT2D eigenvalue weighted by molar-refractivity contribution is -0.384. The minimum atomic E-state index is -0.323. The van der Waals surface area contributed by atoms with Crippen LogP contribution >= 0.6 is 0 Å². The number of hydrogen-bond acceptors (Lipinski definition) is 3. The molecule has 0 amide bonds. The van der Waals surface area contributed by atoms with Crippen molar-refractivity contribution in [2.24, 2.45) is 5.92 Å². The van der Waals surface area contributed by atoms with Gasteiger partial charge in [-0.1, -0.05) is 32.8 Å². The smallest absolute Gasteiger partial charge is 0.292 e. The van der Waals surface area contributed by atoms with Crippen molar-refractivity contribution in [2.75, 3.05) is 5.32 Å². The van der Waals surface area contributed by atoms with Gasteiger partial charge in [0.1, 0.15) is 5.69 Å². The molecule has 0 saturated heterocycles. The summed E-state index contributed by atoms with van der Waals surface area (Å²) >= 11 is 0. The molecule has 0 aromatic heterocycles. The molecule has 0 heterocycles. The van der Waals surface area contributed by atoms with E-state index in [1.165, 1.54) is 6.42 Å². The van der Waals surface area contributed by atoms with E-state index in [1.54, 1.807) is 12.1 Å². The Labute approximate surface area is 115 Å². The fourth-order valence-corrected chi connectivity index (χ4v) is 2.08. The molecule has 0 fully saturated rings. The Balaban J connectivity index is 2.63. The normalized spacial score (nSPS) is 12.5. The van der Waals surface area contributed by atoms with E-state index in [0.29, 0.717) is 11.6 Å². The van der Waals surface area contributed by atoms with Gasteiger partial charge in [-0.2, -0.15) is 0 Å². The molecule has 4 heteroatoms. The van der Waals surface area contributed by atoms with Gasteiger partial charge >= 0.3 is 0 Å². The van der Waals surface area contributed by atoms with Crippen LogP contribution in [0.4, 0.5) is 11.4 Å². The number of nitrogens with zero attached hydrogens (tertiary/aromatic N) is 1. The fourth-order valence-electron chi connectivity index (χ4n) is 2.08. The molecule has 19 heavy (non-hydrogen) atoms. The molecule has 0 aliphatic heterocycles. The molecule has 1 unspecified atom stereocenters. The molecule has 0 bridgehead atoms. The Bertz CT molecular complexity index is 430. The van der Waals surface area contributed by atoms with E-state index in [1.807, 2.05) is 13.0 Å². The van der Waals surface area contributed by atoms with Crippen LogP contribution in [0.3, 0.4) is 0 Å². The maximum absolute atomic E-state index is 11.0. The van der Waals surface area contributed by atoms with Crippen molar-refractivity contribution in [1.29, 1.82) is 0 Å². The summed E-state index contributed by atoms with van der Waals surface area (Å²) in [6.45, 7) is 8.36. The Kier molecular flexibility index (Phi) is 5.80. The molecule has 1 aromatic rings. The first-order valence-corrected chi connectivity index (χ1v) is 6.91. The van der Waals surface area contributed by atoms with E-state index >= 15 is 0 Å². The topological polar surface area (TPSA) is 55.2 Å². The van der Waals surface area contributed by atoms with Gasteiger partial charge in [-0.25, -0.2) is 0 Å². The standard InChI is InChI=1S/C15H24N2O2/c1-11(2)6-5-7-13(4)16-14-9-8-12(3)10-15(14)17(18)19/h8-11,13,16H,5-7H2,1-4H3. The van der Waals surface area contributed by atoms with Crippen LogP contribution in [0.25, 0.3) is 0 Å². The summed E-state index contributed by atoms with van der Waals surface area (Å²) in [5, 5.41) is 14.3. The Hall–Kier alpha value is -1.58. The van der Waals surface area contributed by atoms with Crippen LogP contribution in [0.1, 0.15) is 45.6 Å². The minimum absolute atomic E-state index is 0.163. The summed E-state index contributed by atoms with van der Waals surface area (Å²) in [6, 6.07) is 5.56. The lowest BCUT2D eigenvalue weighted by Gasteiger charge is -2.16. The fraction of sp³-hybridized carbons (Fsp3) is 0.600. The van der Waals surface area contributed by atoms with Crippen LogP contribution in [0.2, 0.25) is 0 Å².